The number of rotatable bonds is 7. The van der Waals surface area contributed by atoms with Gasteiger partial charge in [0.2, 0.25) is 0 Å². The first-order valence-corrected chi connectivity index (χ1v) is 6.27. The lowest BCUT2D eigenvalue weighted by molar-refractivity contribution is 0.0885. The third kappa shape index (κ3) is 4.27. The van der Waals surface area contributed by atoms with Gasteiger partial charge in [0.05, 0.1) is 6.61 Å². The van der Waals surface area contributed by atoms with Crippen LogP contribution in [0.25, 0.3) is 0 Å². The summed E-state index contributed by atoms with van der Waals surface area (Å²) in [7, 11) is 1.59. The van der Waals surface area contributed by atoms with Crippen LogP contribution in [-0.2, 0) is 11.2 Å². The van der Waals surface area contributed by atoms with Crippen LogP contribution in [0.4, 0.5) is 4.39 Å². The Hall–Kier alpha value is -1.13. The van der Waals surface area contributed by atoms with E-state index in [0.717, 1.165) is 12.0 Å². The number of para-hydroxylation sites is 1. The molecular formula is C14H22FNO2. The van der Waals surface area contributed by atoms with Crippen molar-refractivity contribution < 1.29 is 13.9 Å². The molecule has 0 aromatic heterocycles. The fourth-order valence-corrected chi connectivity index (χ4v) is 1.74. The molecule has 2 unspecified atom stereocenters. The third-order valence-electron chi connectivity index (χ3n) is 2.78. The summed E-state index contributed by atoms with van der Waals surface area (Å²) in [5.41, 5.74) is 6.72. The van der Waals surface area contributed by atoms with Crippen molar-refractivity contribution in [3.63, 3.8) is 0 Å². The minimum absolute atomic E-state index is 0.0203. The molecule has 0 aliphatic carbocycles. The second-order valence-electron chi connectivity index (χ2n) is 4.48. The number of halogens is 1. The molecule has 1 aromatic carbocycles. The Morgan fingerprint density at radius 2 is 2.11 bits per heavy atom. The van der Waals surface area contributed by atoms with Crippen molar-refractivity contribution >= 4 is 0 Å². The van der Waals surface area contributed by atoms with Gasteiger partial charge in [-0.05, 0) is 31.4 Å². The van der Waals surface area contributed by atoms with Gasteiger partial charge in [-0.15, -0.1) is 0 Å². The summed E-state index contributed by atoms with van der Waals surface area (Å²) in [5, 5.41) is 0. The molecule has 0 heterocycles. The molecule has 0 aliphatic rings. The van der Waals surface area contributed by atoms with Crippen LogP contribution in [0.3, 0.4) is 0 Å². The van der Waals surface area contributed by atoms with E-state index in [1.54, 1.807) is 13.2 Å². The minimum atomic E-state index is -0.348. The van der Waals surface area contributed by atoms with Gasteiger partial charge in [0.25, 0.3) is 0 Å². The lowest BCUT2D eigenvalue weighted by atomic mass is 10.0. The summed E-state index contributed by atoms with van der Waals surface area (Å²) in [6, 6.07) is 4.95. The van der Waals surface area contributed by atoms with E-state index in [0.29, 0.717) is 18.8 Å². The monoisotopic (exact) mass is 255 g/mol. The summed E-state index contributed by atoms with van der Waals surface area (Å²) in [6.45, 7) is 4.28. The van der Waals surface area contributed by atoms with Crippen molar-refractivity contribution in [3.8, 4) is 5.75 Å². The van der Waals surface area contributed by atoms with Gasteiger partial charge >= 0.3 is 0 Å². The van der Waals surface area contributed by atoms with Gasteiger partial charge in [0.1, 0.15) is 6.10 Å². The Bertz CT molecular complexity index is 371. The van der Waals surface area contributed by atoms with Crippen LogP contribution in [-0.4, -0.2) is 25.9 Å². The van der Waals surface area contributed by atoms with Crippen LogP contribution >= 0.6 is 0 Å². The SMILES string of the molecule is CCC(N)Cc1cccc(F)c1OC(C)COC. The van der Waals surface area contributed by atoms with Crippen molar-refractivity contribution in [1.82, 2.24) is 0 Å². The first-order valence-electron chi connectivity index (χ1n) is 6.27. The highest BCUT2D eigenvalue weighted by atomic mass is 19.1. The number of ether oxygens (including phenoxy) is 2. The largest absolute Gasteiger partial charge is 0.485 e. The summed E-state index contributed by atoms with van der Waals surface area (Å²) in [6.07, 6.45) is 1.27. The summed E-state index contributed by atoms with van der Waals surface area (Å²) >= 11 is 0. The Kier molecular flexibility index (Phi) is 6.09. The van der Waals surface area contributed by atoms with E-state index >= 15 is 0 Å². The molecule has 0 spiro atoms. The van der Waals surface area contributed by atoms with E-state index in [9.17, 15) is 4.39 Å². The maximum absolute atomic E-state index is 13.8. The summed E-state index contributed by atoms with van der Waals surface area (Å²) in [4.78, 5) is 0. The molecule has 1 aromatic rings. The van der Waals surface area contributed by atoms with Crippen molar-refractivity contribution in [2.45, 2.75) is 38.8 Å². The molecule has 0 aliphatic heterocycles. The van der Waals surface area contributed by atoms with E-state index in [1.165, 1.54) is 6.07 Å². The third-order valence-corrected chi connectivity index (χ3v) is 2.78. The molecule has 102 valence electrons. The maximum Gasteiger partial charge on any atom is 0.165 e. The lowest BCUT2D eigenvalue weighted by Crippen LogP contribution is -2.24. The Morgan fingerprint density at radius 1 is 1.39 bits per heavy atom. The van der Waals surface area contributed by atoms with Crippen LogP contribution in [0.5, 0.6) is 5.75 Å². The molecule has 2 atom stereocenters. The molecule has 4 heteroatoms. The Labute approximate surface area is 108 Å². The van der Waals surface area contributed by atoms with Crippen LogP contribution in [0.2, 0.25) is 0 Å². The van der Waals surface area contributed by atoms with Gasteiger partial charge in [-0.2, -0.15) is 0 Å². The first kappa shape index (κ1) is 14.9. The second kappa shape index (κ2) is 7.34. The summed E-state index contributed by atoms with van der Waals surface area (Å²) in [5.74, 6) is -0.0512. The molecule has 2 N–H and O–H groups in total. The standard InChI is InChI=1S/C14H22FNO2/c1-4-12(16)8-11-6-5-7-13(15)14(11)18-10(2)9-17-3/h5-7,10,12H,4,8-9,16H2,1-3H3. The molecule has 0 saturated heterocycles. The van der Waals surface area contributed by atoms with Crippen LogP contribution in [0, 0.1) is 5.82 Å². The molecule has 0 radical (unpaired) electrons. The van der Waals surface area contributed by atoms with Crippen LogP contribution in [0.15, 0.2) is 18.2 Å². The van der Waals surface area contributed by atoms with Gasteiger partial charge in [-0.1, -0.05) is 19.1 Å². The zero-order valence-corrected chi connectivity index (χ0v) is 11.3. The van der Waals surface area contributed by atoms with Crippen molar-refractivity contribution in [3.05, 3.63) is 29.6 Å². The fourth-order valence-electron chi connectivity index (χ4n) is 1.74. The van der Waals surface area contributed by atoms with Gasteiger partial charge < -0.3 is 15.2 Å². The van der Waals surface area contributed by atoms with Gasteiger partial charge in [0, 0.05) is 13.2 Å². The quantitative estimate of drug-likeness (QED) is 0.814. The van der Waals surface area contributed by atoms with Crippen molar-refractivity contribution in [2.24, 2.45) is 5.73 Å². The minimum Gasteiger partial charge on any atom is -0.485 e. The van der Waals surface area contributed by atoms with Crippen LogP contribution < -0.4 is 10.5 Å². The normalized spacial score (nSPS) is 14.3. The molecule has 0 fully saturated rings. The average molecular weight is 255 g/mol. The van der Waals surface area contributed by atoms with Crippen LogP contribution in [0.1, 0.15) is 25.8 Å². The van der Waals surface area contributed by atoms with E-state index in [2.05, 4.69) is 0 Å². The highest BCUT2D eigenvalue weighted by Crippen LogP contribution is 2.25. The molecule has 0 saturated carbocycles. The highest BCUT2D eigenvalue weighted by Gasteiger charge is 2.15. The molecule has 18 heavy (non-hydrogen) atoms. The zero-order valence-electron chi connectivity index (χ0n) is 11.3. The molecule has 1 rings (SSSR count). The number of methoxy groups -OCH3 is 1. The van der Waals surface area contributed by atoms with Gasteiger partial charge in [-0.25, -0.2) is 4.39 Å². The number of benzene rings is 1. The lowest BCUT2D eigenvalue weighted by Gasteiger charge is -2.18. The molecule has 0 bridgehead atoms. The van der Waals surface area contributed by atoms with E-state index in [-0.39, 0.29) is 18.0 Å². The van der Waals surface area contributed by atoms with E-state index < -0.39 is 0 Å². The smallest absolute Gasteiger partial charge is 0.165 e. The van der Waals surface area contributed by atoms with Gasteiger partial charge in [0.15, 0.2) is 11.6 Å². The number of hydrogen-bond donors (Lipinski definition) is 1. The maximum atomic E-state index is 13.8. The predicted octanol–water partition coefficient (Wildman–Crippen LogP) is 2.52. The summed E-state index contributed by atoms with van der Waals surface area (Å²) < 4.78 is 24.4. The average Bonchev–Trinajstić information content (AvgIpc) is 2.33. The highest BCUT2D eigenvalue weighted by molar-refractivity contribution is 5.35. The van der Waals surface area contributed by atoms with Crippen molar-refractivity contribution in [1.29, 1.82) is 0 Å². The zero-order chi connectivity index (χ0) is 13.5. The first-order chi connectivity index (χ1) is 8.58. The van der Waals surface area contributed by atoms with E-state index in [4.69, 9.17) is 15.2 Å². The molecule has 3 nitrogen and oxygen atoms in total. The number of nitrogens with two attached hydrogens (primary N) is 1. The van der Waals surface area contributed by atoms with E-state index in [1.807, 2.05) is 19.9 Å². The second-order valence-corrected chi connectivity index (χ2v) is 4.48. The predicted molar refractivity (Wildman–Crippen MR) is 70.3 cm³/mol. The topological polar surface area (TPSA) is 44.5 Å². The fraction of sp³-hybridized carbons (Fsp3) is 0.571. The molecular weight excluding hydrogens is 233 g/mol. The number of hydrogen-bond acceptors (Lipinski definition) is 3. The molecule has 0 amide bonds. The Balaban J connectivity index is 2.86. The van der Waals surface area contributed by atoms with Gasteiger partial charge in [-0.3, -0.25) is 0 Å². The Morgan fingerprint density at radius 3 is 2.72 bits per heavy atom. The van der Waals surface area contributed by atoms with Crippen molar-refractivity contribution in [2.75, 3.05) is 13.7 Å².